The van der Waals surface area contributed by atoms with Crippen molar-refractivity contribution >= 4 is 33.1 Å². The van der Waals surface area contributed by atoms with E-state index in [4.69, 9.17) is 18.0 Å². The van der Waals surface area contributed by atoms with Crippen LogP contribution in [-0.4, -0.2) is 30.8 Å². The normalized spacial score (nSPS) is 17.6. The lowest BCUT2D eigenvalue weighted by atomic mass is 10.0. The Morgan fingerprint density at radius 3 is 2.57 bits per heavy atom. The van der Waals surface area contributed by atoms with Gasteiger partial charge < -0.3 is 5.73 Å². The molecule has 5 nitrogen and oxygen atoms in total. The summed E-state index contributed by atoms with van der Waals surface area (Å²) in [7, 11) is -3.56. The van der Waals surface area contributed by atoms with E-state index in [1.165, 1.54) is 4.31 Å². The van der Waals surface area contributed by atoms with Gasteiger partial charge in [0.05, 0.1) is 5.69 Å². The molecule has 2 rings (SSSR count). The van der Waals surface area contributed by atoms with Crippen LogP contribution in [0.15, 0.2) is 18.2 Å². The van der Waals surface area contributed by atoms with Crippen molar-refractivity contribution in [3.8, 4) is 0 Å². The maximum atomic E-state index is 12.5. The minimum atomic E-state index is -3.56. The smallest absolute Gasteiger partial charge is 0.301 e. The Morgan fingerprint density at radius 1 is 1.38 bits per heavy atom. The molecule has 1 aliphatic heterocycles. The van der Waals surface area contributed by atoms with Crippen molar-refractivity contribution in [3.05, 3.63) is 29.3 Å². The van der Waals surface area contributed by atoms with Crippen LogP contribution >= 0.6 is 12.2 Å². The lowest BCUT2D eigenvalue weighted by Crippen LogP contribution is -2.41. The third-order valence-electron chi connectivity index (χ3n) is 3.84. The van der Waals surface area contributed by atoms with E-state index < -0.39 is 10.2 Å². The van der Waals surface area contributed by atoms with E-state index in [0.717, 1.165) is 18.4 Å². The number of nitrogens with one attached hydrogen (secondary N) is 1. The van der Waals surface area contributed by atoms with Crippen LogP contribution in [0.4, 0.5) is 5.69 Å². The number of hydrogen-bond donors (Lipinski definition) is 2. The first-order chi connectivity index (χ1) is 9.81. The lowest BCUT2D eigenvalue weighted by molar-refractivity contribution is 0.289. The summed E-state index contributed by atoms with van der Waals surface area (Å²) in [4.78, 5) is 0.193. The zero-order chi connectivity index (χ0) is 15.6. The van der Waals surface area contributed by atoms with Gasteiger partial charge in [0.2, 0.25) is 0 Å². The third kappa shape index (κ3) is 3.72. The first-order valence-electron chi connectivity index (χ1n) is 6.98. The summed E-state index contributed by atoms with van der Waals surface area (Å²) >= 11 is 5.03. The molecule has 0 aromatic heterocycles. The van der Waals surface area contributed by atoms with Gasteiger partial charge in [-0.15, -0.1) is 0 Å². The van der Waals surface area contributed by atoms with Gasteiger partial charge in [0, 0.05) is 18.7 Å². The minimum absolute atomic E-state index is 0.193. The number of aryl methyl sites for hydroxylation is 1. The minimum Gasteiger partial charge on any atom is -0.389 e. The van der Waals surface area contributed by atoms with Gasteiger partial charge >= 0.3 is 10.2 Å². The lowest BCUT2D eigenvalue weighted by Gasteiger charge is -2.30. The molecule has 0 spiro atoms. The number of piperidine rings is 1. The number of rotatable bonds is 4. The van der Waals surface area contributed by atoms with Crippen LogP contribution in [0, 0.1) is 12.8 Å². The molecule has 1 aromatic rings. The summed E-state index contributed by atoms with van der Waals surface area (Å²) < 4.78 is 29.1. The van der Waals surface area contributed by atoms with E-state index in [0.29, 0.717) is 30.3 Å². The first kappa shape index (κ1) is 16.2. The molecule has 0 amide bonds. The SMILES string of the molecule is Cc1cccc(NS(=O)(=O)N2CCC(C)CC2)c1C(N)=S. The highest BCUT2D eigenvalue weighted by atomic mass is 32.2. The zero-order valence-electron chi connectivity index (χ0n) is 12.3. The van der Waals surface area contributed by atoms with E-state index >= 15 is 0 Å². The van der Waals surface area contributed by atoms with Crippen LogP contribution in [-0.2, 0) is 10.2 Å². The Hall–Kier alpha value is -1.18. The van der Waals surface area contributed by atoms with Gasteiger partial charge in [-0.1, -0.05) is 31.3 Å². The summed E-state index contributed by atoms with van der Waals surface area (Å²) in [6, 6.07) is 5.33. The fourth-order valence-corrected chi connectivity index (χ4v) is 4.05. The molecule has 0 unspecified atom stereocenters. The Labute approximate surface area is 131 Å². The van der Waals surface area contributed by atoms with Crippen molar-refractivity contribution in [1.82, 2.24) is 4.31 Å². The maximum Gasteiger partial charge on any atom is 0.301 e. The molecule has 0 atom stereocenters. The van der Waals surface area contributed by atoms with Crippen molar-refractivity contribution in [3.63, 3.8) is 0 Å². The van der Waals surface area contributed by atoms with Crippen molar-refractivity contribution in [2.24, 2.45) is 11.7 Å². The summed E-state index contributed by atoms with van der Waals surface area (Å²) in [5, 5.41) is 0. The van der Waals surface area contributed by atoms with E-state index in [2.05, 4.69) is 11.6 Å². The largest absolute Gasteiger partial charge is 0.389 e. The highest BCUT2D eigenvalue weighted by Gasteiger charge is 2.27. The van der Waals surface area contributed by atoms with Crippen molar-refractivity contribution in [2.45, 2.75) is 26.7 Å². The molecule has 7 heteroatoms. The molecule has 21 heavy (non-hydrogen) atoms. The van der Waals surface area contributed by atoms with Crippen molar-refractivity contribution in [1.29, 1.82) is 0 Å². The topological polar surface area (TPSA) is 75.4 Å². The molecule has 1 fully saturated rings. The predicted octanol–water partition coefficient (Wildman–Crippen LogP) is 2.02. The van der Waals surface area contributed by atoms with Crippen LogP contribution in [0.3, 0.4) is 0 Å². The Kier molecular flexibility index (Phi) is 4.85. The molecule has 1 saturated heterocycles. The zero-order valence-corrected chi connectivity index (χ0v) is 13.9. The number of thiocarbonyl (C=S) groups is 1. The van der Waals surface area contributed by atoms with Gasteiger partial charge in [-0.25, -0.2) is 0 Å². The fraction of sp³-hybridized carbons (Fsp3) is 0.500. The molecule has 1 aromatic carbocycles. The summed E-state index contributed by atoms with van der Waals surface area (Å²) in [6.45, 7) is 5.09. The summed E-state index contributed by atoms with van der Waals surface area (Å²) in [5.41, 5.74) is 7.60. The second kappa shape index (κ2) is 6.29. The van der Waals surface area contributed by atoms with Gasteiger partial charge in [-0.05, 0) is 37.3 Å². The molecular weight excluding hydrogens is 306 g/mol. The molecule has 0 aliphatic carbocycles. The highest BCUT2D eigenvalue weighted by molar-refractivity contribution is 7.90. The molecule has 0 bridgehead atoms. The number of hydrogen-bond acceptors (Lipinski definition) is 3. The summed E-state index contributed by atoms with van der Waals surface area (Å²) in [6.07, 6.45) is 1.77. The standard InChI is InChI=1S/C14H21N3O2S2/c1-10-6-8-17(9-7-10)21(18,19)16-12-5-3-4-11(2)13(12)14(15)20/h3-5,10,16H,6-9H2,1-2H3,(H2,15,20). The number of anilines is 1. The van der Waals surface area contributed by atoms with Gasteiger partial charge in [-0.2, -0.15) is 12.7 Å². The average molecular weight is 327 g/mol. The van der Waals surface area contributed by atoms with Gasteiger partial charge in [0.15, 0.2) is 0 Å². The second-order valence-corrected chi connectivity index (χ2v) is 7.66. The van der Waals surface area contributed by atoms with Crippen LogP contribution in [0.25, 0.3) is 0 Å². The highest BCUT2D eigenvalue weighted by Crippen LogP contribution is 2.24. The molecule has 0 radical (unpaired) electrons. The van der Waals surface area contributed by atoms with Crippen LogP contribution in [0.1, 0.15) is 30.9 Å². The van der Waals surface area contributed by atoms with E-state index in [-0.39, 0.29) is 4.99 Å². The number of benzene rings is 1. The molecule has 1 heterocycles. The van der Waals surface area contributed by atoms with E-state index in [1.807, 2.05) is 13.0 Å². The van der Waals surface area contributed by atoms with E-state index in [9.17, 15) is 8.42 Å². The second-order valence-electron chi connectivity index (χ2n) is 5.55. The fourth-order valence-electron chi connectivity index (χ4n) is 2.51. The quantitative estimate of drug-likeness (QED) is 0.830. The molecule has 3 N–H and O–H groups in total. The van der Waals surface area contributed by atoms with Crippen LogP contribution in [0.2, 0.25) is 0 Å². The number of nitrogens with zero attached hydrogens (tertiary/aromatic N) is 1. The van der Waals surface area contributed by atoms with Gasteiger partial charge in [-0.3, -0.25) is 4.72 Å². The number of nitrogens with two attached hydrogens (primary N) is 1. The third-order valence-corrected chi connectivity index (χ3v) is 5.57. The first-order valence-corrected chi connectivity index (χ1v) is 8.83. The Morgan fingerprint density at radius 2 is 2.00 bits per heavy atom. The van der Waals surface area contributed by atoms with Crippen LogP contribution in [0.5, 0.6) is 0 Å². The average Bonchev–Trinajstić information content (AvgIpc) is 2.38. The van der Waals surface area contributed by atoms with Gasteiger partial charge in [0.1, 0.15) is 4.99 Å². The van der Waals surface area contributed by atoms with Crippen LogP contribution < -0.4 is 10.5 Å². The van der Waals surface area contributed by atoms with Crippen molar-refractivity contribution < 1.29 is 8.42 Å². The molecule has 116 valence electrons. The van der Waals surface area contributed by atoms with E-state index in [1.54, 1.807) is 12.1 Å². The molecule has 0 saturated carbocycles. The molecule has 1 aliphatic rings. The Bertz CT molecular complexity index is 636. The monoisotopic (exact) mass is 327 g/mol. The summed E-state index contributed by atoms with van der Waals surface area (Å²) in [5.74, 6) is 0.572. The predicted molar refractivity (Wildman–Crippen MR) is 89.6 cm³/mol. The Balaban J connectivity index is 2.25. The van der Waals surface area contributed by atoms with Gasteiger partial charge in [0.25, 0.3) is 0 Å². The maximum absolute atomic E-state index is 12.5. The molecular formula is C14H21N3O2S2. The van der Waals surface area contributed by atoms with Crippen molar-refractivity contribution in [2.75, 3.05) is 17.8 Å².